The van der Waals surface area contributed by atoms with Gasteiger partial charge in [0.15, 0.2) is 6.61 Å². The van der Waals surface area contributed by atoms with Crippen LogP contribution in [0, 0.1) is 0 Å². The minimum Gasteiger partial charge on any atom is -0.497 e. The molecule has 146 valence electrons. The number of thiazole rings is 1. The summed E-state index contributed by atoms with van der Waals surface area (Å²) in [5, 5.41) is 8.11. The summed E-state index contributed by atoms with van der Waals surface area (Å²) in [6.07, 6.45) is 1.65. The molecule has 0 spiro atoms. The zero-order valence-corrected chi connectivity index (χ0v) is 17.2. The maximum atomic E-state index is 12.9. The van der Waals surface area contributed by atoms with Crippen molar-refractivity contribution >= 4 is 50.1 Å². The lowest BCUT2D eigenvalue weighted by atomic mass is 10.3. The van der Waals surface area contributed by atoms with Crippen molar-refractivity contribution in [2.24, 2.45) is 5.10 Å². The zero-order valence-electron chi connectivity index (χ0n) is 15.5. The molecule has 0 aliphatic rings. The molecule has 4 rings (SSSR count). The molecule has 0 atom stereocenters. The molecule has 1 amide bonds. The van der Waals surface area contributed by atoms with Crippen LogP contribution in [0.15, 0.2) is 71.1 Å². The molecule has 6 nitrogen and oxygen atoms in total. The molecule has 0 aliphatic carbocycles. The van der Waals surface area contributed by atoms with Gasteiger partial charge in [-0.1, -0.05) is 35.6 Å². The summed E-state index contributed by atoms with van der Waals surface area (Å²) >= 11 is 2.91. The molecule has 8 heteroatoms. The van der Waals surface area contributed by atoms with Gasteiger partial charge in [0.2, 0.25) is 5.13 Å². The van der Waals surface area contributed by atoms with E-state index in [2.05, 4.69) is 10.1 Å². The number of anilines is 1. The smallest absolute Gasteiger partial charge is 0.287 e. The van der Waals surface area contributed by atoms with Crippen LogP contribution < -0.4 is 14.5 Å². The second-order valence-corrected chi connectivity index (χ2v) is 7.89. The third-order valence-corrected chi connectivity index (χ3v) is 5.75. The van der Waals surface area contributed by atoms with E-state index in [1.54, 1.807) is 25.5 Å². The van der Waals surface area contributed by atoms with Gasteiger partial charge >= 0.3 is 0 Å². The lowest BCUT2D eigenvalue weighted by molar-refractivity contribution is -0.120. The second kappa shape index (κ2) is 8.85. The number of nitrogens with zero attached hydrogens (tertiary/aromatic N) is 3. The number of carbonyl (C=O) groups excluding carboxylic acids is 1. The summed E-state index contributed by atoms with van der Waals surface area (Å²) in [5.41, 5.74) is 0.777. The standard InChI is InChI=1S/C21H17N3O3S2/c1-26-16-9-10-18-19(12-16)29-21(23-18)24(22-13-17-8-5-11-28-17)20(25)14-27-15-6-3-2-4-7-15/h2-13H,14H2,1H3/b22-13+. The molecular weight excluding hydrogens is 406 g/mol. The first-order valence-electron chi connectivity index (χ1n) is 8.76. The fraction of sp³-hybridized carbons (Fsp3) is 0.0952. The number of hydrogen-bond donors (Lipinski definition) is 0. The highest BCUT2D eigenvalue weighted by atomic mass is 32.1. The third-order valence-electron chi connectivity index (χ3n) is 3.95. The highest BCUT2D eigenvalue weighted by molar-refractivity contribution is 7.22. The number of thiophene rings is 1. The van der Waals surface area contributed by atoms with Crippen LogP contribution >= 0.6 is 22.7 Å². The topological polar surface area (TPSA) is 64.0 Å². The van der Waals surface area contributed by atoms with E-state index in [0.29, 0.717) is 10.9 Å². The fourth-order valence-corrected chi connectivity index (χ4v) is 4.08. The quantitative estimate of drug-likeness (QED) is 0.316. The zero-order chi connectivity index (χ0) is 20.1. The summed E-state index contributed by atoms with van der Waals surface area (Å²) in [7, 11) is 1.62. The van der Waals surface area contributed by atoms with E-state index in [4.69, 9.17) is 9.47 Å². The van der Waals surface area contributed by atoms with Gasteiger partial charge in [-0.3, -0.25) is 4.79 Å². The normalized spacial score (nSPS) is 11.1. The highest BCUT2D eigenvalue weighted by Crippen LogP contribution is 2.31. The molecule has 29 heavy (non-hydrogen) atoms. The maximum Gasteiger partial charge on any atom is 0.287 e. The molecular formula is C21H17N3O3S2. The van der Waals surface area contributed by atoms with Crippen LogP contribution in [0.1, 0.15) is 4.88 Å². The predicted octanol–water partition coefficient (Wildman–Crippen LogP) is 4.81. The Morgan fingerprint density at radius 1 is 1.14 bits per heavy atom. The highest BCUT2D eigenvalue weighted by Gasteiger charge is 2.20. The Bertz CT molecular complexity index is 1120. The molecule has 0 bridgehead atoms. The Balaban J connectivity index is 1.61. The number of rotatable bonds is 7. The summed E-state index contributed by atoms with van der Waals surface area (Å²) in [5.74, 6) is 1.05. The Morgan fingerprint density at radius 3 is 2.76 bits per heavy atom. The number of aromatic nitrogens is 1. The number of hydrogen-bond acceptors (Lipinski definition) is 7. The number of ether oxygens (including phenoxy) is 2. The van der Waals surface area contributed by atoms with Crippen molar-refractivity contribution in [2.45, 2.75) is 0 Å². The molecule has 2 heterocycles. The third kappa shape index (κ3) is 4.61. The average molecular weight is 424 g/mol. The molecule has 4 aromatic rings. The molecule has 2 aromatic carbocycles. The average Bonchev–Trinajstić information content (AvgIpc) is 3.42. The van der Waals surface area contributed by atoms with Crippen molar-refractivity contribution in [1.82, 2.24) is 4.98 Å². The van der Waals surface area contributed by atoms with E-state index in [1.807, 2.05) is 53.9 Å². The van der Waals surface area contributed by atoms with E-state index in [-0.39, 0.29) is 12.5 Å². The van der Waals surface area contributed by atoms with E-state index < -0.39 is 0 Å². The molecule has 0 radical (unpaired) electrons. The Labute approximate surface area is 175 Å². The molecule has 0 fully saturated rings. The van der Waals surface area contributed by atoms with E-state index in [0.717, 1.165) is 20.8 Å². The van der Waals surface area contributed by atoms with Crippen LogP contribution in [0.2, 0.25) is 0 Å². The summed E-state index contributed by atoms with van der Waals surface area (Å²) in [6, 6.07) is 18.7. The Kier molecular flexibility index (Phi) is 5.83. The van der Waals surface area contributed by atoms with Crippen LogP contribution in [0.25, 0.3) is 10.2 Å². The van der Waals surface area contributed by atoms with Crippen LogP contribution in [0.4, 0.5) is 5.13 Å². The van der Waals surface area contributed by atoms with E-state index in [1.165, 1.54) is 27.7 Å². The number of carbonyl (C=O) groups is 1. The molecule has 0 aliphatic heterocycles. The maximum absolute atomic E-state index is 12.9. The molecule has 0 saturated heterocycles. The van der Waals surface area contributed by atoms with Gasteiger partial charge in [0.25, 0.3) is 5.91 Å². The lowest BCUT2D eigenvalue weighted by Crippen LogP contribution is -2.30. The van der Waals surface area contributed by atoms with Crippen LogP contribution in [-0.4, -0.2) is 30.8 Å². The number of fused-ring (bicyclic) bond motifs is 1. The van der Waals surface area contributed by atoms with Gasteiger partial charge < -0.3 is 9.47 Å². The first-order valence-corrected chi connectivity index (χ1v) is 10.5. The second-order valence-electron chi connectivity index (χ2n) is 5.90. The van der Waals surface area contributed by atoms with Gasteiger partial charge in [0.05, 0.1) is 23.5 Å². The van der Waals surface area contributed by atoms with Gasteiger partial charge in [-0.05, 0) is 41.8 Å². The van der Waals surface area contributed by atoms with Crippen molar-refractivity contribution in [2.75, 3.05) is 18.7 Å². The monoisotopic (exact) mass is 423 g/mol. The minimum atomic E-state index is -0.312. The lowest BCUT2D eigenvalue weighted by Gasteiger charge is -2.14. The number of methoxy groups -OCH3 is 1. The molecule has 0 saturated carbocycles. The summed E-state index contributed by atoms with van der Waals surface area (Å²) < 4.78 is 11.8. The van der Waals surface area contributed by atoms with E-state index >= 15 is 0 Å². The van der Waals surface area contributed by atoms with Gasteiger partial charge in [-0.15, -0.1) is 11.3 Å². The van der Waals surface area contributed by atoms with Crippen LogP contribution in [0.5, 0.6) is 11.5 Å². The number of benzene rings is 2. The first-order chi connectivity index (χ1) is 14.2. The molecule has 0 unspecified atom stereocenters. The van der Waals surface area contributed by atoms with Gasteiger partial charge in [0, 0.05) is 4.88 Å². The van der Waals surface area contributed by atoms with E-state index in [9.17, 15) is 4.79 Å². The fourth-order valence-electron chi connectivity index (χ4n) is 2.53. The summed E-state index contributed by atoms with van der Waals surface area (Å²) in [4.78, 5) is 18.4. The number of para-hydroxylation sites is 1. The van der Waals surface area contributed by atoms with Crippen LogP contribution in [-0.2, 0) is 4.79 Å². The van der Waals surface area contributed by atoms with Gasteiger partial charge in [0.1, 0.15) is 11.5 Å². The Hall–Kier alpha value is -3.23. The largest absolute Gasteiger partial charge is 0.497 e. The van der Waals surface area contributed by atoms with Crippen molar-refractivity contribution in [3.63, 3.8) is 0 Å². The van der Waals surface area contributed by atoms with Gasteiger partial charge in [-0.2, -0.15) is 10.1 Å². The van der Waals surface area contributed by atoms with Crippen molar-refractivity contribution in [3.8, 4) is 11.5 Å². The van der Waals surface area contributed by atoms with Crippen molar-refractivity contribution in [3.05, 3.63) is 70.9 Å². The molecule has 2 aromatic heterocycles. The van der Waals surface area contributed by atoms with Crippen molar-refractivity contribution < 1.29 is 14.3 Å². The number of amides is 1. The van der Waals surface area contributed by atoms with Crippen LogP contribution in [0.3, 0.4) is 0 Å². The number of hydrazone groups is 1. The predicted molar refractivity (Wildman–Crippen MR) is 118 cm³/mol. The Morgan fingerprint density at radius 2 is 2.00 bits per heavy atom. The SMILES string of the molecule is COc1ccc2nc(N(/N=C/c3cccs3)C(=O)COc3ccccc3)sc2c1. The van der Waals surface area contributed by atoms with Gasteiger partial charge in [-0.25, -0.2) is 4.98 Å². The minimum absolute atomic E-state index is 0.148. The molecule has 0 N–H and O–H groups in total. The summed E-state index contributed by atoms with van der Waals surface area (Å²) in [6.45, 7) is -0.148. The van der Waals surface area contributed by atoms with Crippen molar-refractivity contribution in [1.29, 1.82) is 0 Å². The first kappa shape index (κ1) is 19.1.